The normalized spacial score (nSPS) is 19.4. The van der Waals surface area contributed by atoms with Crippen LogP contribution in [0.1, 0.15) is 18.4 Å². The van der Waals surface area contributed by atoms with Gasteiger partial charge in [0.25, 0.3) is 0 Å². The van der Waals surface area contributed by atoms with Gasteiger partial charge in [0.2, 0.25) is 0 Å². The summed E-state index contributed by atoms with van der Waals surface area (Å²) in [5.74, 6) is 3.61. The Labute approximate surface area is 106 Å². The third-order valence-corrected chi connectivity index (χ3v) is 3.89. The third-order valence-electron chi connectivity index (χ3n) is 2.70. The molecule has 0 saturated carbocycles. The molecule has 0 radical (unpaired) electrons. The first kappa shape index (κ1) is 12.1. The third kappa shape index (κ3) is 3.07. The fraction of sp³-hybridized carbons (Fsp3) is 0.462. The maximum atomic E-state index is 8.88. The first-order valence-corrected chi connectivity index (χ1v) is 6.81. The Bertz CT molecular complexity index is 422. The Morgan fingerprint density at radius 1 is 1.41 bits per heavy atom. The molecule has 1 unspecified atom stereocenters. The van der Waals surface area contributed by atoms with Crippen LogP contribution < -0.4 is 9.47 Å². The van der Waals surface area contributed by atoms with Gasteiger partial charge in [0.15, 0.2) is 11.5 Å². The quantitative estimate of drug-likeness (QED) is 0.826. The molecule has 0 aliphatic carbocycles. The maximum Gasteiger partial charge on any atom is 0.162 e. The molecular formula is C13H15NO2S. The molecule has 0 aromatic heterocycles. The number of nitriles is 1. The van der Waals surface area contributed by atoms with Gasteiger partial charge >= 0.3 is 0 Å². The summed E-state index contributed by atoms with van der Waals surface area (Å²) in [4.78, 5) is 0. The molecule has 1 saturated heterocycles. The number of thioether (sulfide) groups is 1. The summed E-state index contributed by atoms with van der Waals surface area (Å²) in [5, 5.41) is 8.88. The molecule has 1 aliphatic rings. The van der Waals surface area contributed by atoms with Crippen molar-refractivity contribution in [3.05, 3.63) is 23.8 Å². The van der Waals surface area contributed by atoms with E-state index in [9.17, 15) is 0 Å². The molecule has 0 bridgehead atoms. The summed E-state index contributed by atoms with van der Waals surface area (Å²) in [5.41, 5.74) is 0.601. The molecule has 1 aromatic carbocycles. The van der Waals surface area contributed by atoms with Gasteiger partial charge in [-0.1, -0.05) is 0 Å². The van der Waals surface area contributed by atoms with Crippen LogP contribution >= 0.6 is 11.8 Å². The molecule has 0 amide bonds. The number of hydrogen-bond acceptors (Lipinski definition) is 4. The van der Waals surface area contributed by atoms with Gasteiger partial charge in [-0.25, -0.2) is 0 Å². The lowest BCUT2D eigenvalue weighted by atomic mass is 10.2. The highest BCUT2D eigenvalue weighted by atomic mass is 32.2. The predicted molar refractivity (Wildman–Crippen MR) is 68.7 cm³/mol. The van der Waals surface area contributed by atoms with Crippen LogP contribution in [0.3, 0.4) is 0 Å². The smallest absolute Gasteiger partial charge is 0.162 e. The Hall–Kier alpha value is -1.34. The summed E-state index contributed by atoms with van der Waals surface area (Å²) < 4.78 is 11.2. The monoisotopic (exact) mass is 249 g/mol. The van der Waals surface area contributed by atoms with Gasteiger partial charge in [0, 0.05) is 11.8 Å². The highest BCUT2D eigenvalue weighted by Gasteiger charge is 2.17. The fourth-order valence-corrected chi connectivity index (χ4v) is 2.86. The van der Waals surface area contributed by atoms with Crippen molar-refractivity contribution < 1.29 is 9.47 Å². The van der Waals surface area contributed by atoms with Gasteiger partial charge in [-0.2, -0.15) is 17.0 Å². The van der Waals surface area contributed by atoms with Crippen molar-refractivity contribution in [2.45, 2.75) is 18.9 Å². The second-order valence-electron chi connectivity index (χ2n) is 3.93. The predicted octanol–water partition coefficient (Wildman–Crippen LogP) is 2.84. The highest BCUT2D eigenvalue weighted by Crippen LogP contribution is 2.31. The molecule has 4 heteroatoms. The van der Waals surface area contributed by atoms with Crippen LogP contribution in [0.15, 0.2) is 18.2 Å². The highest BCUT2D eigenvalue weighted by molar-refractivity contribution is 7.99. The van der Waals surface area contributed by atoms with Gasteiger partial charge in [-0.3, -0.25) is 0 Å². The molecule has 1 fully saturated rings. The van der Waals surface area contributed by atoms with E-state index in [0.29, 0.717) is 17.1 Å². The van der Waals surface area contributed by atoms with Crippen molar-refractivity contribution in [1.29, 1.82) is 5.26 Å². The second kappa shape index (κ2) is 5.83. The molecule has 1 aliphatic heterocycles. The summed E-state index contributed by atoms with van der Waals surface area (Å²) >= 11 is 1.91. The largest absolute Gasteiger partial charge is 0.493 e. The van der Waals surface area contributed by atoms with Crippen molar-refractivity contribution >= 4 is 11.8 Å². The summed E-state index contributed by atoms with van der Waals surface area (Å²) in [6, 6.07) is 7.38. The Morgan fingerprint density at radius 3 is 2.94 bits per heavy atom. The van der Waals surface area contributed by atoms with Crippen LogP contribution in [-0.2, 0) is 0 Å². The average molecular weight is 249 g/mol. The van der Waals surface area contributed by atoms with E-state index >= 15 is 0 Å². The first-order chi connectivity index (χ1) is 8.33. The van der Waals surface area contributed by atoms with Crippen LogP contribution in [0.4, 0.5) is 0 Å². The number of benzene rings is 1. The van der Waals surface area contributed by atoms with E-state index in [4.69, 9.17) is 14.7 Å². The number of hydrogen-bond donors (Lipinski definition) is 0. The van der Waals surface area contributed by atoms with E-state index in [1.807, 2.05) is 11.8 Å². The average Bonchev–Trinajstić information content (AvgIpc) is 2.40. The van der Waals surface area contributed by atoms with E-state index in [-0.39, 0.29) is 6.10 Å². The van der Waals surface area contributed by atoms with Crippen molar-refractivity contribution in [1.82, 2.24) is 0 Å². The molecule has 90 valence electrons. The minimum absolute atomic E-state index is 0.233. The van der Waals surface area contributed by atoms with Crippen molar-refractivity contribution in [2.24, 2.45) is 0 Å². The number of rotatable bonds is 3. The molecular weight excluding hydrogens is 234 g/mol. The minimum atomic E-state index is 0.233. The lowest BCUT2D eigenvalue weighted by Gasteiger charge is -2.23. The van der Waals surface area contributed by atoms with Gasteiger partial charge in [0.05, 0.1) is 18.7 Å². The van der Waals surface area contributed by atoms with Gasteiger partial charge in [-0.05, 0) is 30.7 Å². The molecule has 1 heterocycles. The summed E-state index contributed by atoms with van der Waals surface area (Å²) in [6.45, 7) is 0. The Balaban J connectivity index is 2.14. The lowest BCUT2D eigenvalue weighted by molar-refractivity contribution is 0.202. The Morgan fingerprint density at radius 2 is 2.29 bits per heavy atom. The molecule has 3 nitrogen and oxygen atoms in total. The van der Waals surface area contributed by atoms with Crippen LogP contribution in [-0.4, -0.2) is 24.7 Å². The maximum absolute atomic E-state index is 8.88. The van der Waals surface area contributed by atoms with Crippen molar-refractivity contribution in [3.63, 3.8) is 0 Å². The molecule has 1 atom stereocenters. The van der Waals surface area contributed by atoms with Crippen LogP contribution in [0.25, 0.3) is 0 Å². The molecule has 2 rings (SSSR count). The summed E-state index contributed by atoms with van der Waals surface area (Å²) in [6.07, 6.45) is 2.50. The van der Waals surface area contributed by atoms with E-state index < -0.39 is 0 Å². The SMILES string of the molecule is COc1ccc(C#N)cc1OC1CCCSC1. The van der Waals surface area contributed by atoms with Crippen LogP contribution in [0, 0.1) is 11.3 Å². The molecule has 1 aromatic rings. The van der Waals surface area contributed by atoms with Crippen molar-refractivity contribution in [3.8, 4) is 17.6 Å². The van der Waals surface area contributed by atoms with E-state index in [2.05, 4.69) is 6.07 Å². The first-order valence-electron chi connectivity index (χ1n) is 5.66. The van der Waals surface area contributed by atoms with Gasteiger partial charge in [0.1, 0.15) is 6.10 Å². The topological polar surface area (TPSA) is 42.2 Å². The number of methoxy groups -OCH3 is 1. The van der Waals surface area contributed by atoms with E-state index in [1.54, 1.807) is 25.3 Å². The molecule has 0 spiro atoms. The summed E-state index contributed by atoms with van der Waals surface area (Å²) in [7, 11) is 1.61. The number of ether oxygens (including phenoxy) is 2. The Kier molecular flexibility index (Phi) is 4.16. The van der Waals surface area contributed by atoms with Gasteiger partial charge < -0.3 is 9.47 Å². The zero-order valence-corrected chi connectivity index (χ0v) is 10.6. The number of nitrogens with zero attached hydrogens (tertiary/aromatic N) is 1. The van der Waals surface area contributed by atoms with E-state index in [1.165, 1.54) is 12.2 Å². The van der Waals surface area contributed by atoms with Crippen molar-refractivity contribution in [2.75, 3.05) is 18.6 Å². The van der Waals surface area contributed by atoms with Crippen LogP contribution in [0.5, 0.6) is 11.5 Å². The van der Waals surface area contributed by atoms with Crippen LogP contribution in [0.2, 0.25) is 0 Å². The lowest BCUT2D eigenvalue weighted by Crippen LogP contribution is -2.23. The minimum Gasteiger partial charge on any atom is -0.493 e. The standard InChI is InChI=1S/C13H15NO2S/c1-15-12-5-4-10(8-14)7-13(12)16-11-3-2-6-17-9-11/h4-5,7,11H,2-3,6,9H2,1H3. The zero-order valence-electron chi connectivity index (χ0n) is 9.81. The second-order valence-corrected chi connectivity index (χ2v) is 5.08. The van der Waals surface area contributed by atoms with Gasteiger partial charge in [-0.15, -0.1) is 0 Å². The molecule has 0 N–H and O–H groups in total. The fourth-order valence-electron chi connectivity index (χ4n) is 1.82. The van der Waals surface area contributed by atoms with E-state index in [0.717, 1.165) is 12.2 Å². The molecule has 17 heavy (non-hydrogen) atoms. The zero-order chi connectivity index (χ0) is 12.1.